The maximum Gasteiger partial charge on any atom is 0.226 e. The third-order valence-corrected chi connectivity index (χ3v) is 4.06. The van der Waals surface area contributed by atoms with E-state index in [-0.39, 0.29) is 0 Å². The zero-order valence-corrected chi connectivity index (χ0v) is 12.2. The SMILES string of the molecule is CNc1nc(N(C)CCc2cccs2)c2[nH]cnc2n1. The Kier molecular flexibility index (Phi) is 3.51. The van der Waals surface area contributed by atoms with E-state index in [1.54, 1.807) is 17.7 Å². The molecule has 0 aliphatic heterocycles. The largest absolute Gasteiger partial charge is 0.357 e. The standard InChI is InChI=1S/C13H16N6S/c1-14-13-17-11-10(15-8-16-11)12(18-13)19(2)6-5-9-4-3-7-20-9/h3-4,7-8H,5-6H2,1-2H3,(H2,14,15,16,17,18). The monoisotopic (exact) mass is 288 g/mol. The Balaban J connectivity index is 1.86. The van der Waals surface area contributed by atoms with E-state index in [9.17, 15) is 0 Å². The molecule has 0 bridgehead atoms. The molecular weight excluding hydrogens is 272 g/mol. The summed E-state index contributed by atoms with van der Waals surface area (Å²) >= 11 is 1.78. The summed E-state index contributed by atoms with van der Waals surface area (Å²) in [5.41, 5.74) is 1.56. The Morgan fingerprint density at radius 2 is 2.30 bits per heavy atom. The molecular formula is C13H16N6S. The summed E-state index contributed by atoms with van der Waals surface area (Å²) in [4.78, 5) is 19.7. The van der Waals surface area contributed by atoms with Crippen molar-refractivity contribution in [3.8, 4) is 0 Å². The summed E-state index contributed by atoms with van der Waals surface area (Å²) in [6, 6.07) is 4.24. The number of thiophene rings is 1. The van der Waals surface area contributed by atoms with E-state index in [1.807, 2.05) is 14.1 Å². The van der Waals surface area contributed by atoms with E-state index in [1.165, 1.54) is 4.88 Å². The molecule has 0 saturated heterocycles. The van der Waals surface area contributed by atoms with Crippen molar-refractivity contribution in [2.45, 2.75) is 6.42 Å². The molecule has 0 amide bonds. The summed E-state index contributed by atoms with van der Waals surface area (Å²) in [5, 5.41) is 5.08. The number of fused-ring (bicyclic) bond motifs is 1. The van der Waals surface area contributed by atoms with Gasteiger partial charge in [-0.05, 0) is 17.9 Å². The first-order valence-corrected chi connectivity index (χ1v) is 7.28. The molecule has 3 aromatic rings. The lowest BCUT2D eigenvalue weighted by atomic mass is 10.3. The molecule has 0 atom stereocenters. The van der Waals surface area contributed by atoms with Gasteiger partial charge in [0.25, 0.3) is 0 Å². The van der Waals surface area contributed by atoms with Gasteiger partial charge in [0.05, 0.1) is 6.33 Å². The second-order valence-electron chi connectivity index (χ2n) is 4.47. The summed E-state index contributed by atoms with van der Waals surface area (Å²) < 4.78 is 0. The van der Waals surface area contributed by atoms with Crippen molar-refractivity contribution < 1.29 is 0 Å². The lowest BCUT2D eigenvalue weighted by Gasteiger charge is -2.18. The predicted octanol–water partition coefficient (Wildman–Crippen LogP) is 2.13. The number of likely N-dealkylation sites (N-methyl/N-ethyl adjacent to an activating group) is 1. The summed E-state index contributed by atoms with van der Waals surface area (Å²) in [5.74, 6) is 1.45. The van der Waals surface area contributed by atoms with E-state index in [0.717, 1.165) is 24.3 Å². The Bertz CT molecular complexity index is 690. The van der Waals surface area contributed by atoms with Crippen molar-refractivity contribution in [3.05, 3.63) is 28.7 Å². The molecule has 0 radical (unpaired) electrons. The molecule has 0 unspecified atom stereocenters. The number of nitrogens with zero attached hydrogens (tertiary/aromatic N) is 4. The number of hydrogen-bond acceptors (Lipinski definition) is 6. The minimum atomic E-state index is 0.586. The molecule has 0 spiro atoms. The fourth-order valence-electron chi connectivity index (χ4n) is 2.04. The van der Waals surface area contributed by atoms with Crippen LogP contribution < -0.4 is 10.2 Å². The first-order valence-electron chi connectivity index (χ1n) is 6.40. The molecule has 3 heterocycles. The number of anilines is 2. The van der Waals surface area contributed by atoms with Crippen LogP contribution in [0.5, 0.6) is 0 Å². The number of aromatic amines is 1. The minimum Gasteiger partial charge on any atom is -0.357 e. The average molecular weight is 288 g/mol. The second-order valence-corrected chi connectivity index (χ2v) is 5.51. The highest BCUT2D eigenvalue weighted by Gasteiger charge is 2.13. The summed E-state index contributed by atoms with van der Waals surface area (Å²) in [6.45, 7) is 0.898. The zero-order valence-electron chi connectivity index (χ0n) is 11.4. The van der Waals surface area contributed by atoms with Gasteiger partial charge in [-0.3, -0.25) is 0 Å². The molecule has 3 aromatic heterocycles. The van der Waals surface area contributed by atoms with Crippen LogP contribution in [-0.2, 0) is 6.42 Å². The maximum absolute atomic E-state index is 4.53. The third kappa shape index (κ3) is 2.44. The highest BCUT2D eigenvalue weighted by Crippen LogP contribution is 2.22. The van der Waals surface area contributed by atoms with Crippen LogP contribution in [0.3, 0.4) is 0 Å². The number of nitrogens with one attached hydrogen (secondary N) is 2. The van der Waals surface area contributed by atoms with Gasteiger partial charge in [-0.15, -0.1) is 11.3 Å². The van der Waals surface area contributed by atoms with Crippen LogP contribution in [0.25, 0.3) is 11.2 Å². The second kappa shape index (κ2) is 5.46. The number of rotatable bonds is 5. The fourth-order valence-corrected chi connectivity index (χ4v) is 2.74. The van der Waals surface area contributed by atoms with Crippen LogP contribution in [0.1, 0.15) is 4.88 Å². The number of hydrogen-bond donors (Lipinski definition) is 2. The zero-order chi connectivity index (χ0) is 13.9. The normalized spacial score (nSPS) is 10.9. The lowest BCUT2D eigenvalue weighted by Crippen LogP contribution is -2.22. The van der Waals surface area contributed by atoms with Crippen LogP contribution >= 0.6 is 11.3 Å². The van der Waals surface area contributed by atoms with Crippen molar-refractivity contribution in [1.29, 1.82) is 0 Å². The highest BCUT2D eigenvalue weighted by atomic mass is 32.1. The van der Waals surface area contributed by atoms with Crippen molar-refractivity contribution >= 4 is 34.3 Å². The summed E-state index contributed by atoms with van der Waals surface area (Å²) in [7, 11) is 3.85. The number of H-pyrrole nitrogens is 1. The van der Waals surface area contributed by atoms with Gasteiger partial charge in [-0.2, -0.15) is 9.97 Å². The van der Waals surface area contributed by atoms with Crippen molar-refractivity contribution in [2.24, 2.45) is 0 Å². The first-order chi connectivity index (χ1) is 9.78. The quantitative estimate of drug-likeness (QED) is 0.752. The fraction of sp³-hybridized carbons (Fsp3) is 0.308. The van der Waals surface area contributed by atoms with Gasteiger partial charge in [0, 0.05) is 25.5 Å². The first kappa shape index (κ1) is 12.9. The molecule has 3 rings (SSSR count). The molecule has 104 valence electrons. The average Bonchev–Trinajstić information content (AvgIpc) is 3.14. The Morgan fingerprint density at radius 3 is 3.05 bits per heavy atom. The van der Waals surface area contributed by atoms with Crippen LogP contribution in [0.2, 0.25) is 0 Å². The molecule has 0 aromatic carbocycles. The topological polar surface area (TPSA) is 69.7 Å². The molecule has 0 saturated carbocycles. The number of imidazole rings is 1. The maximum atomic E-state index is 4.53. The van der Waals surface area contributed by atoms with Gasteiger partial charge in [-0.25, -0.2) is 4.98 Å². The molecule has 0 fully saturated rings. The lowest BCUT2D eigenvalue weighted by molar-refractivity contribution is 0.870. The number of aromatic nitrogens is 4. The van der Waals surface area contributed by atoms with E-state index in [2.05, 4.69) is 47.7 Å². The molecule has 2 N–H and O–H groups in total. The van der Waals surface area contributed by atoms with Crippen LogP contribution in [0.4, 0.5) is 11.8 Å². The molecule has 20 heavy (non-hydrogen) atoms. The molecule has 7 heteroatoms. The van der Waals surface area contributed by atoms with Crippen molar-refractivity contribution in [2.75, 3.05) is 30.9 Å². The van der Waals surface area contributed by atoms with Crippen molar-refractivity contribution in [1.82, 2.24) is 19.9 Å². The van der Waals surface area contributed by atoms with Crippen LogP contribution in [0, 0.1) is 0 Å². The van der Waals surface area contributed by atoms with Gasteiger partial charge < -0.3 is 15.2 Å². The molecule has 0 aliphatic rings. The minimum absolute atomic E-state index is 0.586. The predicted molar refractivity (Wildman–Crippen MR) is 82.5 cm³/mol. The van der Waals surface area contributed by atoms with Crippen molar-refractivity contribution in [3.63, 3.8) is 0 Å². The molecule has 6 nitrogen and oxygen atoms in total. The molecule has 0 aliphatic carbocycles. The van der Waals surface area contributed by atoms with E-state index in [0.29, 0.717) is 11.6 Å². The summed E-state index contributed by atoms with van der Waals surface area (Å²) in [6.07, 6.45) is 2.65. The highest BCUT2D eigenvalue weighted by molar-refractivity contribution is 7.09. The van der Waals surface area contributed by atoms with Gasteiger partial charge in [0.2, 0.25) is 5.95 Å². The van der Waals surface area contributed by atoms with E-state index < -0.39 is 0 Å². The van der Waals surface area contributed by atoms with Crippen LogP contribution in [-0.4, -0.2) is 40.6 Å². The Labute approximate surface area is 120 Å². The third-order valence-electron chi connectivity index (χ3n) is 3.13. The van der Waals surface area contributed by atoms with Gasteiger partial charge >= 0.3 is 0 Å². The Hall–Kier alpha value is -2.15. The van der Waals surface area contributed by atoms with Crippen LogP contribution in [0.15, 0.2) is 23.8 Å². The Morgan fingerprint density at radius 1 is 1.40 bits per heavy atom. The van der Waals surface area contributed by atoms with E-state index >= 15 is 0 Å². The van der Waals surface area contributed by atoms with Gasteiger partial charge in [0.1, 0.15) is 5.52 Å². The van der Waals surface area contributed by atoms with Gasteiger partial charge in [-0.1, -0.05) is 6.07 Å². The van der Waals surface area contributed by atoms with E-state index in [4.69, 9.17) is 0 Å². The smallest absolute Gasteiger partial charge is 0.226 e. The van der Waals surface area contributed by atoms with Gasteiger partial charge in [0.15, 0.2) is 11.5 Å².